The van der Waals surface area contributed by atoms with Crippen molar-refractivity contribution in [2.75, 3.05) is 0 Å². The van der Waals surface area contributed by atoms with Gasteiger partial charge in [-0.1, -0.05) is 0 Å². The molecule has 0 aliphatic carbocycles. The molecule has 0 radical (unpaired) electrons. The molecule has 0 fully saturated rings. The van der Waals surface area contributed by atoms with Gasteiger partial charge in [-0.15, -0.1) is 0 Å². The van der Waals surface area contributed by atoms with Gasteiger partial charge in [0.2, 0.25) is 0 Å². The molecular weight excluding hydrogens is 178 g/mol. The SMILES string of the molecule is Cc1cnc(Cc2ncncn2)cn1. The molecule has 2 rings (SSSR count). The lowest BCUT2D eigenvalue weighted by atomic mass is 10.3. The third kappa shape index (κ3) is 2.07. The molecule has 0 atom stereocenters. The van der Waals surface area contributed by atoms with Crippen LogP contribution >= 0.6 is 0 Å². The standard InChI is InChI=1S/C9H9N5/c1-7-3-12-8(4-11-7)2-9-13-5-10-6-14-9/h3-6H,2H2,1H3. The maximum absolute atomic E-state index is 4.21. The highest BCUT2D eigenvalue weighted by Crippen LogP contribution is 1.99. The highest BCUT2D eigenvalue weighted by molar-refractivity contribution is 5.06. The van der Waals surface area contributed by atoms with Gasteiger partial charge >= 0.3 is 0 Å². The number of hydrogen-bond donors (Lipinski definition) is 0. The van der Waals surface area contributed by atoms with Crippen LogP contribution in [0.15, 0.2) is 25.0 Å². The molecule has 0 saturated heterocycles. The summed E-state index contributed by atoms with van der Waals surface area (Å²) in [6.07, 6.45) is 7.01. The van der Waals surface area contributed by atoms with Crippen LogP contribution in [0, 0.1) is 6.92 Å². The molecule has 0 N–H and O–H groups in total. The van der Waals surface area contributed by atoms with Crippen LogP contribution in [0.5, 0.6) is 0 Å². The predicted molar refractivity (Wildman–Crippen MR) is 49.4 cm³/mol. The zero-order chi connectivity index (χ0) is 9.80. The van der Waals surface area contributed by atoms with Crippen molar-refractivity contribution >= 4 is 0 Å². The molecular formula is C9H9N5. The zero-order valence-electron chi connectivity index (χ0n) is 7.75. The van der Waals surface area contributed by atoms with Gasteiger partial charge in [0, 0.05) is 12.4 Å². The minimum atomic E-state index is 0.593. The van der Waals surface area contributed by atoms with E-state index in [-0.39, 0.29) is 0 Å². The van der Waals surface area contributed by atoms with E-state index in [4.69, 9.17) is 0 Å². The Labute approximate surface area is 81.3 Å². The van der Waals surface area contributed by atoms with Crippen molar-refractivity contribution in [3.8, 4) is 0 Å². The summed E-state index contributed by atoms with van der Waals surface area (Å²) in [4.78, 5) is 20.1. The lowest BCUT2D eigenvalue weighted by molar-refractivity contribution is 0.884. The quantitative estimate of drug-likeness (QED) is 0.687. The van der Waals surface area contributed by atoms with Crippen molar-refractivity contribution in [1.29, 1.82) is 0 Å². The first kappa shape index (κ1) is 8.68. The van der Waals surface area contributed by atoms with Gasteiger partial charge in [-0.25, -0.2) is 15.0 Å². The smallest absolute Gasteiger partial charge is 0.137 e. The largest absolute Gasteiger partial charge is 0.258 e. The summed E-state index contributed by atoms with van der Waals surface area (Å²) in [6.45, 7) is 1.90. The lowest BCUT2D eigenvalue weighted by Crippen LogP contribution is -1.99. The molecule has 0 aliphatic heterocycles. The molecule has 5 nitrogen and oxygen atoms in total. The molecule has 2 aromatic rings. The molecule has 0 saturated carbocycles. The molecule has 0 spiro atoms. The highest BCUT2D eigenvalue weighted by Gasteiger charge is 1.99. The molecule has 2 heterocycles. The van der Waals surface area contributed by atoms with Gasteiger partial charge in [0.1, 0.15) is 18.5 Å². The van der Waals surface area contributed by atoms with Crippen LogP contribution in [0.1, 0.15) is 17.2 Å². The van der Waals surface area contributed by atoms with Gasteiger partial charge in [-0.3, -0.25) is 9.97 Å². The third-order valence-electron chi connectivity index (χ3n) is 1.72. The van der Waals surface area contributed by atoms with Crippen LogP contribution in [0.2, 0.25) is 0 Å². The average molecular weight is 187 g/mol. The molecule has 5 heteroatoms. The Kier molecular flexibility index (Phi) is 2.40. The minimum absolute atomic E-state index is 0.593. The second-order valence-corrected chi connectivity index (χ2v) is 2.88. The molecule has 70 valence electrons. The van der Waals surface area contributed by atoms with Gasteiger partial charge in [-0.2, -0.15) is 0 Å². The molecule has 2 aromatic heterocycles. The number of hydrogen-bond acceptors (Lipinski definition) is 5. The van der Waals surface area contributed by atoms with E-state index in [0.29, 0.717) is 12.2 Å². The van der Waals surface area contributed by atoms with E-state index in [2.05, 4.69) is 24.9 Å². The first-order valence-corrected chi connectivity index (χ1v) is 4.23. The van der Waals surface area contributed by atoms with E-state index in [0.717, 1.165) is 11.4 Å². The van der Waals surface area contributed by atoms with Gasteiger partial charge in [0.05, 0.1) is 17.8 Å². The second kappa shape index (κ2) is 3.87. The summed E-state index contributed by atoms with van der Waals surface area (Å²) in [5.74, 6) is 0.707. The molecule has 0 unspecified atom stereocenters. The Morgan fingerprint density at radius 2 is 1.79 bits per heavy atom. The third-order valence-corrected chi connectivity index (χ3v) is 1.72. The number of nitrogens with zero attached hydrogens (tertiary/aromatic N) is 5. The van der Waals surface area contributed by atoms with Gasteiger partial charge in [-0.05, 0) is 6.92 Å². The summed E-state index contributed by atoms with van der Waals surface area (Å²) in [7, 11) is 0. The predicted octanol–water partition coefficient (Wildman–Crippen LogP) is 0.561. The summed E-state index contributed by atoms with van der Waals surface area (Å²) in [5, 5.41) is 0. The Balaban J connectivity index is 2.16. The fraction of sp³-hybridized carbons (Fsp3) is 0.222. The Morgan fingerprint density at radius 1 is 1.00 bits per heavy atom. The average Bonchev–Trinajstić information content (AvgIpc) is 2.23. The summed E-state index contributed by atoms with van der Waals surface area (Å²) >= 11 is 0. The highest BCUT2D eigenvalue weighted by atomic mass is 15.0. The number of aryl methyl sites for hydroxylation is 1. The molecule has 0 aliphatic rings. The van der Waals surface area contributed by atoms with E-state index in [9.17, 15) is 0 Å². The van der Waals surface area contributed by atoms with E-state index in [1.165, 1.54) is 12.7 Å². The minimum Gasteiger partial charge on any atom is -0.258 e. The Morgan fingerprint density at radius 3 is 2.43 bits per heavy atom. The van der Waals surface area contributed by atoms with Crippen LogP contribution in [0.4, 0.5) is 0 Å². The van der Waals surface area contributed by atoms with Crippen LogP contribution in [0.25, 0.3) is 0 Å². The van der Waals surface area contributed by atoms with Crippen LogP contribution in [-0.4, -0.2) is 24.9 Å². The van der Waals surface area contributed by atoms with Gasteiger partial charge < -0.3 is 0 Å². The lowest BCUT2D eigenvalue weighted by Gasteiger charge is -1.98. The first-order chi connectivity index (χ1) is 6.84. The fourth-order valence-electron chi connectivity index (χ4n) is 1.03. The van der Waals surface area contributed by atoms with Gasteiger partial charge in [0.15, 0.2) is 0 Å². The normalized spacial score (nSPS) is 10.1. The first-order valence-electron chi connectivity index (χ1n) is 4.23. The van der Waals surface area contributed by atoms with Crippen LogP contribution < -0.4 is 0 Å². The Hall–Kier alpha value is -1.91. The van der Waals surface area contributed by atoms with Gasteiger partial charge in [0.25, 0.3) is 0 Å². The van der Waals surface area contributed by atoms with Crippen LogP contribution in [0.3, 0.4) is 0 Å². The van der Waals surface area contributed by atoms with E-state index in [1.54, 1.807) is 12.4 Å². The maximum atomic E-state index is 4.21. The maximum Gasteiger partial charge on any atom is 0.137 e. The Bertz CT molecular complexity index is 397. The van der Waals surface area contributed by atoms with E-state index < -0.39 is 0 Å². The molecule has 0 bridgehead atoms. The number of aromatic nitrogens is 5. The number of rotatable bonds is 2. The summed E-state index contributed by atoms with van der Waals surface area (Å²) < 4.78 is 0. The van der Waals surface area contributed by atoms with E-state index >= 15 is 0 Å². The zero-order valence-corrected chi connectivity index (χ0v) is 7.75. The fourth-order valence-corrected chi connectivity index (χ4v) is 1.03. The van der Waals surface area contributed by atoms with Crippen LogP contribution in [-0.2, 0) is 6.42 Å². The van der Waals surface area contributed by atoms with Crippen molar-refractivity contribution in [1.82, 2.24) is 24.9 Å². The second-order valence-electron chi connectivity index (χ2n) is 2.88. The van der Waals surface area contributed by atoms with Crippen molar-refractivity contribution in [2.45, 2.75) is 13.3 Å². The van der Waals surface area contributed by atoms with Crippen molar-refractivity contribution in [3.05, 3.63) is 42.3 Å². The van der Waals surface area contributed by atoms with Crippen molar-refractivity contribution < 1.29 is 0 Å². The molecule has 0 aromatic carbocycles. The topological polar surface area (TPSA) is 64.5 Å². The summed E-state index contributed by atoms with van der Waals surface area (Å²) in [5.41, 5.74) is 1.77. The van der Waals surface area contributed by atoms with Crippen molar-refractivity contribution in [3.63, 3.8) is 0 Å². The monoisotopic (exact) mass is 187 g/mol. The van der Waals surface area contributed by atoms with Crippen molar-refractivity contribution in [2.24, 2.45) is 0 Å². The summed E-state index contributed by atoms with van der Waals surface area (Å²) in [6, 6.07) is 0. The molecule has 0 amide bonds. The van der Waals surface area contributed by atoms with E-state index in [1.807, 2.05) is 6.92 Å². The molecule has 14 heavy (non-hydrogen) atoms.